The van der Waals surface area contributed by atoms with Crippen LogP contribution in [0.25, 0.3) is 0 Å². The van der Waals surface area contributed by atoms with Crippen LogP contribution in [0.3, 0.4) is 0 Å². The summed E-state index contributed by atoms with van der Waals surface area (Å²) in [6.45, 7) is 7.55. The van der Waals surface area contributed by atoms with Crippen molar-refractivity contribution in [3.8, 4) is 0 Å². The Hall–Kier alpha value is -0.434. The molecule has 59 heavy (non-hydrogen) atoms. The number of carbonyl (C=O) groups excluding carboxylic acids is 7. The monoisotopic (exact) mass is 964 g/mol. The summed E-state index contributed by atoms with van der Waals surface area (Å²) in [5.41, 5.74) is 1.13. The fraction of sp³-hybridized carbons (Fsp3) is 0.387. The van der Waals surface area contributed by atoms with Gasteiger partial charge < -0.3 is 55.0 Å². The number of thioether (sulfide) groups is 1. The van der Waals surface area contributed by atoms with Gasteiger partial charge in [0.05, 0.1) is 51.8 Å². The topological polar surface area (TPSA) is 347 Å². The molecule has 20 nitrogen and oxygen atoms in total. The second-order valence-electron chi connectivity index (χ2n) is 9.95. The molecule has 0 aromatic heterocycles. The third kappa shape index (κ3) is 48.5. The molecule has 0 bridgehead atoms. The molecule has 28 heteroatoms. The molecule has 0 saturated carbocycles. The molecule has 2 rings (SSSR count). The molecule has 0 unspecified atom stereocenters. The van der Waals surface area contributed by atoms with Gasteiger partial charge in [0.1, 0.15) is 6.61 Å². The summed E-state index contributed by atoms with van der Waals surface area (Å²) in [5.74, 6) is -10.6. The minimum Gasteiger partial charge on any atom is -0.549 e. The fourth-order valence-electron chi connectivity index (χ4n) is 2.95. The number of ether oxygens (including phenoxy) is 1. The van der Waals surface area contributed by atoms with Crippen molar-refractivity contribution in [3.63, 3.8) is 0 Å². The standard InChI is InChI=1S/C10H11NO5S.C10H11NO3S.C6H10O6S.C3H6O4S.C2H6.K.3Na/c1-7(12)11-8-2-4-9(5-3-8)17(15,16)6-10(13)14;1-7(12)11-8-2-4-9(5-3-8)15-6-10(13)14;1-5(7)12-2-3-13(10,11)4-6(8)9;1-8(6,7)2-3(4)5;1-2;;;;/h2-5H,6H2,1H3,(H,11,12)(H,13,14);2-5H,6H2,1H3,(H,11,12)(H,13,14);2-4H2,1H3,(H,8,9);2H2,1H3,(H,4,5);1-2H3;;;;/q;;;;;4*+1/p-4. The molecule has 2 N–H and O–H groups in total. The van der Waals surface area contributed by atoms with Gasteiger partial charge in [0, 0.05) is 49.1 Å². The van der Waals surface area contributed by atoms with Gasteiger partial charge in [-0.25, -0.2) is 25.3 Å². The quantitative estimate of drug-likeness (QED) is 0.0951. The van der Waals surface area contributed by atoms with Gasteiger partial charge in [0.15, 0.2) is 29.5 Å². The molecule has 0 fully saturated rings. The Balaban J connectivity index is -0.000000121. The number of sulfone groups is 3. The van der Waals surface area contributed by atoms with Gasteiger partial charge in [-0.15, -0.1) is 11.8 Å². The summed E-state index contributed by atoms with van der Waals surface area (Å²) in [5, 5.41) is 45.0. The first kappa shape index (κ1) is 73.0. The van der Waals surface area contributed by atoms with E-state index in [-0.39, 0.29) is 169 Å². The van der Waals surface area contributed by atoms with Gasteiger partial charge in [-0.05, 0) is 48.5 Å². The van der Waals surface area contributed by atoms with E-state index in [1.54, 1.807) is 24.3 Å². The van der Waals surface area contributed by atoms with E-state index >= 15 is 0 Å². The average molecular weight is 965 g/mol. The van der Waals surface area contributed by atoms with Gasteiger partial charge >= 0.3 is 146 Å². The van der Waals surface area contributed by atoms with E-state index in [1.807, 2.05) is 13.8 Å². The molecule has 310 valence electrons. The SMILES string of the molecule is CC.CC(=O)Nc1ccc(S(=O)(=O)CC(=O)[O-])cc1.CC(=O)Nc1ccc(SCC(=O)[O-])cc1.CC(=O)OCCS(=O)(=O)CC(=O)[O-].CS(=O)(=O)CC(=O)[O-].[K+].[Na+].[Na+].[Na+]. The van der Waals surface area contributed by atoms with E-state index in [9.17, 15) is 79.2 Å². The smallest absolute Gasteiger partial charge is 0.549 e. The van der Waals surface area contributed by atoms with Crippen LogP contribution in [0.5, 0.6) is 0 Å². The molecule has 0 spiro atoms. The Kier molecular flexibility index (Phi) is 48.5. The maximum atomic E-state index is 11.5. The molecule has 0 radical (unpaired) electrons. The molecule has 0 aliphatic heterocycles. The Morgan fingerprint density at radius 1 is 0.610 bits per heavy atom. The van der Waals surface area contributed by atoms with Crippen LogP contribution in [0.15, 0.2) is 58.3 Å². The predicted molar refractivity (Wildman–Crippen MR) is 191 cm³/mol. The van der Waals surface area contributed by atoms with Gasteiger partial charge in [-0.2, -0.15) is 0 Å². The van der Waals surface area contributed by atoms with Crippen LogP contribution < -0.4 is 171 Å². The second kappa shape index (κ2) is 39.2. The molecule has 0 saturated heterocycles. The van der Waals surface area contributed by atoms with Crippen LogP contribution in [0.1, 0.15) is 34.6 Å². The maximum Gasteiger partial charge on any atom is 1.00 e. The largest absolute Gasteiger partial charge is 1.00 e. The minimum absolute atomic E-state index is 0. The van der Waals surface area contributed by atoms with Crippen LogP contribution in [0.2, 0.25) is 0 Å². The first-order valence-corrected chi connectivity index (χ1v) is 21.6. The minimum atomic E-state index is -3.88. The summed E-state index contributed by atoms with van der Waals surface area (Å²) >= 11 is 1.18. The first-order chi connectivity index (χ1) is 25.1. The van der Waals surface area contributed by atoms with Crippen molar-refractivity contribution in [2.45, 2.75) is 44.4 Å². The second-order valence-corrected chi connectivity index (χ2v) is 17.3. The first-order valence-electron chi connectivity index (χ1n) is 15.1. The number of rotatable bonds is 15. The van der Waals surface area contributed by atoms with E-state index in [2.05, 4.69) is 15.4 Å². The van der Waals surface area contributed by atoms with Crippen molar-refractivity contribution >= 4 is 94.3 Å². The number of esters is 1. The summed E-state index contributed by atoms with van der Waals surface area (Å²) in [4.78, 5) is 72.2. The van der Waals surface area contributed by atoms with E-state index < -0.39 is 82.4 Å². The van der Waals surface area contributed by atoms with Gasteiger partial charge in [-0.1, -0.05) is 13.8 Å². The van der Waals surface area contributed by atoms with Gasteiger partial charge in [0.25, 0.3) is 0 Å². The molecular weight excluding hydrogens is 925 g/mol. The zero-order valence-corrected chi connectivity index (χ0v) is 46.7. The number of aliphatic carboxylic acids is 4. The number of hydrogen-bond donors (Lipinski definition) is 2. The maximum absolute atomic E-state index is 11.5. The summed E-state index contributed by atoms with van der Waals surface area (Å²) in [6.07, 6.45) is 0.836. The molecule has 2 aromatic carbocycles. The third-order valence-corrected chi connectivity index (χ3v) is 9.61. The number of amides is 2. The third-order valence-electron chi connectivity index (χ3n) is 4.79. The van der Waals surface area contributed by atoms with Crippen LogP contribution in [-0.2, 0) is 67.8 Å². The zero-order chi connectivity index (χ0) is 43.6. The van der Waals surface area contributed by atoms with E-state index in [0.29, 0.717) is 11.4 Å². The van der Waals surface area contributed by atoms with Gasteiger partial charge in [-0.3, -0.25) is 14.4 Å². The summed E-state index contributed by atoms with van der Waals surface area (Å²) in [6, 6.07) is 12.1. The van der Waals surface area contributed by atoms with E-state index in [0.717, 1.165) is 18.1 Å². The zero-order valence-electron chi connectivity index (χ0n) is 34.3. The number of nitrogens with one attached hydrogen (secondary N) is 2. The number of benzene rings is 2. The number of carbonyl (C=O) groups is 7. The molecule has 0 aliphatic rings. The molecule has 2 amide bonds. The van der Waals surface area contributed by atoms with Crippen molar-refractivity contribution in [1.29, 1.82) is 0 Å². The Labute approximate surface area is 456 Å². The van der Waals surface area contributed by atoms with Crippen molar-refractivity contribution in [2.75, 3.05) is 52.3 Å². The molecule has 0 atom stereocenters. The van der Waals surface area contributed by atoms with Crippen molar-refractivity contribution in [2.24, 2.45) is 0 Å². The van der Waals surface area contributed by atoms with Crippen LogP contribution >= 0.6 is 11.8 Å². The Morgan fingerprint density at radius 2 is 0.983 bits per heavy atom. The van der Waals surface area contributed by atoms with Gasteiger partial charge in [0.2, 0.25) is 11.8 Å². The van der Waals surface area contributed by atoms with Crippen LogP contribution in [-0.4, -0.2) is 109 Å². The van der Waals surface area contributed by atoms with E-state index in [4.69, 9.17) is 0 Å². The number of carboxylic acid groups (broad SMARTS) is 4. The number of carboxylic acids is 4. The van der Waals surface area contributed by atoms with Crippen LogP contribution in [0, 0.1) is 0 Å². The molecule has 2 aromatic rings. The molecular formula is C31H40KN2Na3O18S4. The molecule has 0 heterocycles. The Morgan fingerprint density at radius 3 is 1.27 bits per heavy atom. The fourth-order valence-corrected chi connectivity index (χ4v) is 5.86. The molecule has 0 aliphatic carbocycles. The van der Waals surface area contributed by atoms with E-state index in [1.165, 1.54) is 49.9 Å². The number of hydrogen-bond acceptors (Lipinski definition) is 19. The van der Waals surface area contributed by atoms with Crippen molar-refractivity contribution < 1.29 is 224 Å². The van der Waals surface area contributed by atoms with Crippen molar-refractivity contribution in [3.05, 3.63) is 48.5 Å². The summed E-state index contributed by atoms with van der Waals surface area (Å²) < 4.78 is 68.9. The summed E-state index contributed by atoms with van der Waals surface area (Å²) in [7, 11) is -11.0. The van der Waals surface area contributed by atoms with Crippen LogP contribution in [0.4, 0.5) is 11.4 Å². The normalized spacial score (nSPS) is 9.59. The number of anilines is 2. The predicted octanol–water partition coefficient (Wildman–Crippen LogP) is -15.8. The average Bonchev–Trinajstić information content (AvgIpc) is 2.99. The Bertz CT molecular complexity index is 1940. The van der Waals surface area contributed by atoms with Crippen molar-refractivity contribution in [1.82, 2.24) is 0 Å².